The number of nitrogens with zero attached hydrogens (tertiary/aromatic N) is 1. The number of rotatable bonds is 5. The molecule has 0 atom stereocenters. The number of nitrogens with two attached hydrogens (primary N) is 1. The maximum absolute atomic E-state index is 9.00. The average molecular weight is 243 g/mol. The Bertz CT molecular complexity index is 322. The topological polar surface area (TPSA) is 49.5 Å². The van der Waals surface area contributed by atoms with Crippen molar-refractivity contribution >= 4 is 17.3 Å². The van der Waals surface area contributed by atoms with E-state index in [9.17, 15) is 0 Å². The van der Waals surface area contributed by atoms with Gasteiger partial charge in [0.2, 0.25) is 0 Å². The van der Waals surface area contributed by atoms with Gasteiger partial charge in [-0.1, -0.05) is 17.7 Å². The molecule has 1 aromatic rings. The van der Waals surface area contributed by atoms with Gasteiger partial charge in [0, 0.05) is 35.4 Å². The van der Waals surface area contributed by atoms with Crippen molar-refractivity contribution in [3.63, 3.8) is 0 Å². The lowest BCUT2D eigenvalue weighted by Crippen LogP contribution is -2.33. The highest BCUT2D eigenvalue weighted by Crippen LogP contribution is 2.24. The average Bonchev–Trinajstić information content (AvgIpc) is 2.21. The summed E-state index contributed by atoms with van der Waals surface area (Å²) in [6.45, 7) is 5.61. The summed E-state index contributed by atoms with van der Waals surface area (Å²) < 4.78 is 0. The fourth-order valence-electron chi connectivity index (χ4n) is 1.59. The SMILES string of the molecule is CC(C)N(CCO)Cc1c(N)cccc1Cl. The Hall–Kier alpha value is -0.770. The van der Waals surface area contributed by atoms with Crippen LogP contribution < -0.4 is 5.73 Å². The molecule has 90 valence electrons. The summed E-state index contributed by atoms with van der Waals surface area (Å²) in [6.07, 6.45) is 0. The van der Waals surface area contributed by atoms with Crippen LogP contribution in [0.2, 0.25) is 5.02 Å². The minimum Gasteiger partial charge on any atom is -0.398 e. The van der Waals surface area contributed by atoms with Crippen LogP contribution in [0.25, 0.3) is 0 Å². The van der Waals surface area contributed by atoms with Gasteiger partial charge < -0.3 is 10.8 Å². The van der Waals surface area contributed by atoms with Crippen molar-refractivity contribution in [2.75, 3.05) is 18.9 Å². The summed E-state index contributed by atoms with van der Waals surface area (Å²) in [5.41, 5.74) is 7.53. The monoisotopic (exact) mass is 242 g/mol. The lowest BCUT2D eigenvalue weighted by atomic mass is 10.1. The van der Waals surface area contributed by atoms with Crippen LogP contribution in [0.3, 0.4) is 0 Å². The first-order chi connectivity index (χ1) is 7.56. The van der Waals surface area contributed by atoms with E-state index >= 15 is 0 Å². The molecule has 0 aliphatic rings. The maximum atomic E-state index is 9.00. The number of nitrogen functional groups attached to an aromatic ring is 1. The highest BCUT2D eigenvalue weighted by Gasteiger charge is 2.13. The first-order valence-corrected chi connectivity index (χ1v) is 5.81. The molecule has 0 aromatic heterocycles. The van der Waals surface area contributed by atoms with Gasteiger partial charge in [0.15, 0.2) is 0 Å². The van der Waals surface area contributed by atoms with Crippen molar-refractivity contribution in [1.29, 1.82) is 0 Å². The van der Waals surface area contributed by atoms with Crippen molar-refractivity contribution in [2.24, 2.45) is 0 Å². The van der Waals surface area contributed by atoms with Gasteiger partial charge in [-0.2, -0.15) is 0 Å². The molecule has 0 radical (unpaired) electrons. The molecule has 1 aromatic carbocycles. The van der Waals surface area contributed by atoms with Crippen LogP contribution in [0.1, 0.15) is 19.4 Å². The number of aliphatic hydroxyl groups excluding tert-OH is 1. The Morgan fingerprint density at radius 3 is 2.62 bits per heavy atom. The van der Waals surface area contributed by atoms with Crippen LogP contribution in [-0.2, 0) is 6.54 Å². The van der Waals surface area contributed by atoms with Gasteiger partial charge in [0.25, 0.3) is 0 Å². The second-order valence-corrected chi connectivity index (χ2v) is 4.50. The van der Waals surface area contributed by atoms with Crippen LogP contribution >= 0.6 is 11.6 Å². The van der Waals surface area contributed by atoms with E-state index in [1.807, 2.05) is 18.2 Å². The lowest BCUT2D eigenvalue weighted by Gasteiger charge is -2.26. The Labute approximate surface area is 102 Å². The van der Waals surface area contributed by atoms with E-state index in [1.54, 1.807) is 0 Å². The van der Waals surface area contributed by atoms with Crippen LogP contribution in [0.15, 0.2) is 18.2 Å². The Balaban J connectivity index is 2.84. The highest BCUT2D eigenvalue weighted by molar-refractivity contribution is 6.31. The van der Waals surface area contributed by atoms with Gasteiger partial charge in [0.1, 0.15) is 0 Å². The van der Waals surface area contributed by atoms with E-state index in [0.717, 1.165) is 5.56 Å². The lowest BCUT2D eigenvalue weighted by molar-refractivity contribution is 0.159. The minimum absolute atomic E-state index is 0.141. The zero-order valence-electron chi connectivity index (χ0n) is 9.78. The third-order valence-electron chi connectivity index (χ3n) is 2.63. The molecule has 0 aliphatic heterocycles. The van der Waals surface area contributed by atoms with Crippen molar-refractivity contribution in [3.8, 4) is 0 Å². The molecule has 0 saturated heterocycles. The summed E-state index contributed by atoms with van der Waals surface area (Å²) in [7, 11) is 0. The van der Waals surface area contributed by atoms with Crippen LogP contribution in [0, 0.1) is 0 Å². The fourth-order valence-corrected chi connectivity index (χ4v) is 1.84. The van der Waals surface area contributed by atoms with Crippen LogP contribution in [-0.4, -0.2) is 29.2 Å². The summed E-state index contributed by atoms with van der Waals surface area (Å²) in [5.74, 6) is 0. The number of hydrogen-bond donors (Lipinski definition) is 2. The first kappa shape index (κ1) is 13.3. The van der Waals surface area contributed by atoms with Gasteiger partial charge in [0.05, 0.1) is 6.61 Å². The Morgan fingerprint density at radius 1 is 1.44 bits per heavy atom. The predicted octanol–water partition coefficient (Wildman–Crippen LogP) is 2.12. The second-order valence-electron chi connectivity index (χ2n) is 4.10. The van der Waals surface area contributed by atoms with E-state index in [4.69, 9.17) is 22.4 Å². The highest BCUT2D eigenvalue weighted by atomic mass is 35.5. The number of halogens is 1. The minimum atomic E-state index is 0.141. The molecule has 0 unspecified atom stereocenters. The molecule has 16 heavy (non-hydrogen) atoms. The van der Waals surface area contributed by atoms with Crippen molar-refractivity contribution in [1.82, 2.24) is 4.90 Å². The molecular formula is C12H19ClN2O. The van der Waals surface area contributed by atoms with E-state index < -0.39 is 0 Å². The van der Waals surface area contributed by atoms with Crippen LogP contribution in [0.4, 0.5) is 5.69 Å². The smallest absolute Gasteiger partial charge is 0.0558 e. The largest absolute Gasteiger partial charge is 0.398 e. The molecule has 0 fully saturated rings. The zero-order chi connectivity index (χ0) is 12.1. The van der Waals surface area contributed by atoms with E-state index in [-0.39, 0.29) is 6.61 Å². The molecular weight excluding hydrogens is 224 g/mol. The molecule has 0 bridgehead atoms. The molecule has 0 heterocycles. The number of anilines is 1. The van der Waals surface area contributed by atoms with Crippen LogP contribution in [0.5, 0.6) is 0 Å². The fraction of sp³-hybridized carbons (Fsp3) is 0.500. The quantitative estimate of drug-likeness (QED) is 0.778. The van der Waals surface area contributed by atoms with Gasteiger partial charge >= 0.3 is 0 Å². The van der Waals surface area contributed by atoms with Gasteiger partial charge in [-0.15, -0.1) is 0 Å². The van der Waals surface area contributed by atoms with E-state index in [1.165, 1.54) is 0 Å². The molecule has 1 rings (SSSR count). The standard InChI is InChI=1S/C12H19ClN2O/c1-9(2)15(6-7-16)8-10-11(13)4-3-5-12(10)14/h3-5,9,16H,6-8,14H2,1-2H3. The first-order valence-electron chi connectivity index (χ1n) is 5.44. The Kier molecular flexibility index (Phi) is 5.06. The molecule has 4 heteroatoms. The van der Waals surface area contributed by atoms with Gasteiger partial charge in [-0.25, -0.2) is 0 Å². The molecule has 0 amide bonds. The Morgan fingerprint density at radius 2 is 2.12 bits per heavy atom. The number of aliphatic hydroxyl groups is 1. The van der Waals surface area contributed by atoms with Crippen molar-refractivity contribution in [2.45, 2.75) is 26.4 Å². The summed E-state index contributed by atoms with van der Waals surface area (Å²) >= 11 is 6.11. The molecule has 0 aliphatic carbocycles. The maximum Gasteiger partial charge on any atom is 0.0558 e. The third-order valence-corrected chi connectivity index (χ3v) is 2.99. The van der Waals surface area contributed by atoms with Crippen molar-refractivity contribution in [3.05, 3.63) is 28.8 Å². The summed E-state index contributed by atoms with van der Waals surface area (Å²) in [6, 6.07) is 5.87. The van der Waals surface area contributed by atoms with E-state index in [0.29, 0.717) is 29.8 Å². The third kappa shape index (κ3) is 3.37. The van der Waals surface area contributed by atoms with Gasteiger partial charge in [-0.3, -0.25) is 4.90 Å². The molecule has 0 saturated carbocycles. The number of benzene rings is 1. The van der Waals surface area contributed by atoms with Gasteiger partial charge in [-0.05, 0) is 26.0 Å². The predicted molar refractivity (Wildman–Crippen MR) is 68.5 cm³/mol. The molecule has 3 N–H and O–H groups in total. The van der Waals surface area contributed by atoms with E-state index in [2.05, 4.69) is 18.7 Å². The van der Waals surface area contributed by atoms with Crippen molar-refractivity contribution < 1.29 is 5.11 Å². The molecule has 3 nitrogen and oxygen atoms in total. The summed E-state index contributed by atoms with van der Waals surface area (Å²) in [4.78, 5) is 2.14. The zero-order valence-corrected chi connectivity index (χ0v) is 10.5. The summed E-state index contributed by atoms with van der Waals surface area (Å²) in [5, 5.41) is 9.68. The molecule has 0 spiro atoms. The normalized spacial score (nSPS) is 11.4. The second kappa shape index (κ2) is 6.09. The number of hydrogen-bond acceptors (Lipinski definition) is 3.